The summed E-state index contributed by atoms with van der Waals surface area (Å²) in [5, 5.41) is 3.63. The highest BCUT2D eigenvalue weighted by Crippen LogP contribution is 2.25. The molecule has 0 bridgehead atoms. The van der Waals surface area contributed by atoms with Crippen LogP contribution < -0.4 is 5.32 Å². The van der Waals surface area contributed by atoms with Gasteiger partial charge < -0.3 is 4.43 Å². The molecule has 0 amide bonds. The molecule has 0 saturated carbocycles. The smallest absolute Gasteiger partial charge is 0.186 e. The third-order valence-corrected chi connectivity index (χ3v) is 5.11. The Balaban J connectivity index is 1.90. The van der Waals surface area contributed by atoms with Crippen molar-refractivity contribution in [1.82, 2.24) is 5.32 Å². The van der Waals surface area contributed by atoms with Gasteiger partial charge in [-0.15, -0.1) is 0 Å². The highest BCUT2D eigenvalue weighted by Gasteiger charge is 2.25. The van der Waals surface area contributed by atoms with Crippen LogP contribution in [0.15, 0.2) is 96.0 Å². The average Bonchev–Trinajstić information content (AvgIpc) is 2.71. The van der Waals surface area contributed by atoms with E-state index in [1.54, 1.807) is 0 Å². The van der Waals surface area contributed by atoms with Gasteiger partial charge in [-0.25, -0.2) is 0 Å². The predicted octanol–water partition coefficient (Wildman–Crippen LogP) is 5.94. The number of hydrogen-bond acceptors (Lipinski definition) is 3. The summed E-state index contributed by atoms with van der Waals surface area (Å²) in [7, 11) is -1.77. The highest BCUT2D eigenvalue weighted by atomic mass is 28.4. The van der Waals surface area contributed by atoms with Crippen molar-refractivity contribution in [3.8, 4) is 0 Å². The van der Waals surface area contributed by atoms with Gasteiger partial charge in [0, 0.05) is 6.21 Å². The zero-order valence-electron chi connectivity index (χ0n) is 16.7. The Morgan fingerprint density at radius 3 is 1.79 bits per heavy atom. The van der Waals surface area contributed by atoms with Gasteiger partial charge in [0.15, 0.2) is 8.32 Å². The van der Waals surface area contributed by atoms with E-state index in [0.29, 0.717) is 0 Å². The van der Waals surface area contributed by atoms with Crippen LogP contribution in [0, 0.1) is 0 Å². The van der Waals surface area contributed by atoms with Crippen LogP contribution in [0.2, 0.25) is 19.6 Å². The largest absolute Gasteiger partial charge is 0.398 e. The Labute approximate surface area is 169 Å². The maximum Gasteiger partial charge on any atom is 0.186 e. The van der Waals surface area contributed by atoms with Crippen molar-refractivity contribution in [3.63, 3.8) is 0 Å². The van der Waals surface area contributed by atoms with E-state index in [0.717, 1.165) is 16.7 Å². The summed E-state index contributed by atoms with van der Waals surface area (Å²) in [5.74, 6) is 0. The molecule has 3 nitrogen and oxygen atoms in total. The SMILES string of the molecule is C[Si](C)(C)OC(NC(/N=C/c1ccccc1)c1ccccc1)c1ccccc1. The molecule has 1 N–H and O–H groups in total. The van der Waals surface area contributed by atoms with Crippen molar-refractivity contribution in [2.24, 2.45) is 4.99 Å². The lowest BCUT2D eigenvalue weighted by molar-refractivity contribution is 0.143. The van der Waals surface area contributed by atoms with Crippen LogP contribution in [-0.4, -0.2) is 14.5 Å². The Bertz CT molecular complexity index is 861. The van der Waals surface area contributed by atoms with E-state index >= 15 is 0 Å². The zero-order valence-corrected chi connectivity index (χ0v) is 17.7. The molecule has 0 aliphatic carbocycles. The quantitative estimate of drug-likeness (QED) is 0.294. The molecule has 4 heteroatoms. The van der Waals surface area contributed by atoms with Crippen LogP contribution in [0.5, 0.6) is 0 Å². The van der Waals surface area contributed by atoms with Gasteiger partial charge in [0.2, 0.25) is 0 Å². The van der Waals surface area contributed by atoms with Crippen molar-refractivity contribution in [3.05, 3.63) is 108 Å². The van der Waals surface area contributed by atoms with E-state index in [4.69, 9.17) is 9.42 Å². The third kappa shape index (κ3) is 6.27. The summed E-state index contributed by atoms with van der Waals surface area (Å²) in [4.78, 5) is 4.86. The van der Waals surface area contributed by atoms with Gasteiger partial charge in [0.05, 0.1) is 0 Å². The summed E-state index contributed by atoms with van der Waals surface area (Å²) in [6.07, 6.45) is 1.50. The number of rotatable bonds is 8. The summed E-state index contributed by atoms with van der Waals surface area (Å²) >= 11 is 0. The first-order chi connectivity index (χ1) is 13.5. The van der Waals surface area contributed by atoms with Crippen molar-refractivity contribution in [2.75, 3.05) is 0 Å². The molecule has 28 heavy (non-hydrogen) atoms. The molecule has 3 aromatic rings. The zero-order chi connectivity index (χ0) is 19.8. The normalized spacial score (nSPS) is 14.1. The molecule has 0 heterocycles. The number of benzene rings is 3. The van der Waals surface area contributed by atoms with E-state index < -0.39 is 8.32 Å². The summed E-state index contributed by atoms with van der Waals surface area (Å²) in [5.41, 5.74) is 3.29. The van der Waals surface area contributed by atoms with Crippen LogP contribution in [0.3, 0.4) is 0 Å². The minimum absolute atomic E-state index is 0.206. The summed E-state index contributed by atoms with van der Waals surface area (Å²) in [6.45, 7) is 6.61. The molecule has 3 rings (SSSR count). The molecule has 0 radical (unpaired) electrons. The molecule has 2 atom stereocenters. The lowest BCUT2D eigenvalue weighted by Gasteiger charge is -2.30. The van der Waals surface area contributed by atoms with Gasteiger partial charge in [0.25, 0.3) is 0 Å². The minimum atomic E-state index is -1.77. The Morgan fingerprint density at radius 2 is 1.25 bits per heavy atom. The Hall–Kier alpha value is -2.53. The van der Waals surface area contributed by atoms with Crippen molar-refractivity contribution < 1.29 is 4.43 Å². The fourth-order valence-corrected chi connectivity index (χ4v) is 3.79. The molecule has 3 aromatic carbocycles. The predicted molar refractivity (Wildman–Crippen MR) is 120 cm³/mol. The highest BCUT2D eigenvalue weighted by molar-refractivity contribution is 6.69. The molecule has 0 aromatic heterocycles. The topological polar surface area (TPSA) is 33.6 Å². The first-order valence-electron chi connectivity index (χ1n) is 9.63. The molecule has 0 spiro atoms. The molecule has 144 valence electrons. The number of aliphatic imine (C=N–C) groups is 1. The van der Waals surface area contributed by atoms with Gasteiger partial charge in [-0.1, -0.05) is 91.0 Å². The van der Waals surface area contributed by atoms with Gasteiger partial charge in [-0.05, 0) is 36.3 Å². The minimum Gasteiger partial charge on any atom is -0.398 e. The van der Waals surface area contributed by atoms with E-state index in [2.05, 4.69) is 61.4 Å². The standard InChI is InChI=1S/C24H28N2OSi/c1-28(2,3)27-24(22-17-11-6-12-18-22)26-23(21-15-9-5-10-16-21)25-19-20-13-7-4-8-14-20/h4-19,23-24,26H,1-3H3/b25-19+. The van der Waals surface area contributed by atoms with E-state index in [9.17, 15) is 0 Å². The lowest BCUT2D eigenvalue weighted by Crippen LogP contribution is -2.36. The average molecular weight is 389 g/mol. The number of hydrogen-bond donors (Lipinski definition) is 1. The molecule has 2 unspecified atom stereocenters. The van der Waals surface area contributed by atoms with Gasteiger partial charge in [-0.2, -0.15) is 0 Å². The number of nitrogens with zero attached hydrogens (tertiary/aromatic N) is 1. The first-order valence-corrected chi connectivity index (χ1v) is 13.0. The second-order valence-corrected chi connectivity index (χ2v) is 12.2. The van der Waals surface area contributed by atoms with Crippen molar-refractivity contribution in [2.45, 2.75) is 32.0 Å². The molecule has 0 aliphatic heterocycles. The molecule has 0 fully saturated rings. The van der Waals surface area contributed by atoms with E-state index in [1.165, 1.54) is 0 Å². The van der Waals surface area contributed by atoms with Crippen LogP contribution >= 0.6 is 0 Å². The summed E-state index contributed by atoms with van der Waals surface area (Å²) in [6, 6.07) is 30.8. The van der Waals surface area contributed by atoms with Crippen LogP contribution in [0.4, 0.5) is 0 Å². The maximum atomic E-state index is 6.48. The second kappa shape index (κ2) is 9.60. The Kier molecular flexibility index (Phi) is 6.93. The van der Waals surface area contributed by atoms with Crippen molar-refractivity contribution in [1.29, 1.82) is 0 Å². The maximum absolute atomic E-state index is 6.48. The monoisotopic (exact) mass is 388 g/mol. The van der Waals surface area contributed by atoms with Gasteiger partial charge in [0.1, 0.15) is 12.4 Å². The molecule has 0 saturated heterocycles. The fraction of sp³-hybridized carbons (Fsp3) is 0.208. The van der Waals surface area contributed by atoms with Crippen molar-refractivity contribution >= 4 is 14.5 Å². The summed E-state index contributed by atoms with van der Waals surface area (Å²) < 4.78 is 6.48. The molecule has 0 aliphatic rings. The second-order valence-electron chi connectivity index (χ2n) is 7.69. The fourth-order valence-electron chi connectivity index (χ4n) is 2.88. The third-order valence-electron chi connectivity index (χ3n) is 4.17. The first kappa shape index (κ1) is 20.2. The van der Waals surface area contributed by atoms with Crippen LogP contribution in [0.1, 0.15) is 29.1 Å². The lowest BCUT2D eigenvalue weighted by atomic mass is 10.1. The van der Waals surface area contributed by atoms with Crippen LogP contribution in [0.25, 0.3) is 0 Å². The molecular formula is C24H28N2OSi. The van der Waals surface area contributed by atoms with E-state index in [1.807, 2.05) is 60.8 Å². The molecular weight excluding hydrogens is 360 g/mol. The van der Waals surface area contributed by atoms with E-state index in [-0.39, 0.29) is 12.4 Å². The Morgan fingerprint density at radius 1 is 0.750 bits per heavy atom. The number of nitrogens with one attached hydrogen (secondary N) is 1. The van der Waals surface area contributed by atoms with Gasteiger partial charge >= 0.3 is 0 Å². The van der Waals surface area contributed by atoms with Crippen LogP contribution in [-0.2, 0) is 4.43 Å². The van der Waals surface area contributed by atoms with Gasteiger partial charge in [-0.3, -0.25) is 10.3 Å².